The number of aromatic amines is 1. The molecule has 2 N–H and O–H groups in total. The van der Waals surface area contributed by atoms with Gasteiger partial charge in [0.15, 0.2) is 0 Å². The first-order chi connectivity index (χ1) is 13.9. The Morgan fingerprint density at radius 1 is 1.03 bits per heavy atom. The summed E-state index contributed by atoms with van der Waals surface area (Å²) in [7, 11) is 1.65. The number of H-pyrrole nitrogens is 1. The van der Waals surface area contributed by atoms with Crippen LogP contribution in [0.2, 0.25) is 0 Å². The number of benzene rings is 2. The maximum Gasteiger partial charge on any atom is 0.338 e. The van der Waals surface area contributed by atoms with E-state index in [1.807, 2.05) is 63.4 Å². The lowest BCUT2D eigenvalue weighted by molar-refractivity contribution is 0.00695. The van der Waals surface area contributed by atoms with Crippen molar-refractivity contribution in [3.63, 3.8) is 0 Å². The fraction of sp³-hybridized carbons (Fsp3) is 0.304. The van der Waals surface area contributed by atoms with E-state index in [0.29, 0.717) is 18.7 Å². The summed E-state index contributed by atoms with van der Waals surface area (Å²) in [5.41, 5.74) is 4.28. The van der Waals surface area contributed by atoms with Gasteiger partial charge in [-0.3, -0.25) is 5.10 Å². The minimum Gasteiger partial charge on any atom is -0.497 e. The van der Waals surface area contributed by atoms with Gasteiger partial charge in [0.25, 0.3) is 0 Å². The van der Waals surface area contributed by atoms with Crippen molar-refractivity contribution >= 4 is 5.97 Å². The molecule has 2 aromatic carbocycles. The topological polar surface area (TPSA) is 76.2 Å². The van der Waals surface area contributed by atoms with Gasteiger partial charge in [-0.25, -0.2) is 4.79 Å². The first-order valence-corrected chi connectivity index (χ1v) is 9.55. The van der Waals surface area contributed by atoms with E-state index in [1.165, 1.54) is 0 Å². The number of methoxy groups -OCH3 is 1. The van der Waals surface area contributed by atoms with Crippen LogP contribution in [0, 0.1) is 0 Å². The van der Waals surface area contributed by atoms with Crippen molar-refractivity contribution in [1.82, 2.24) is 15.5 Å². The lowest BCUT2D eigenvalue weighted by atomic mass is 10.1. The molecule has 0 fully saturated rings. The lowest BCUT2D eigenvalue weighted by Crippen LogP contribution is -2.23. The average molecular weight is 393 g/mol. The number of aromatic nitrogens is 2. The number of carbonyl (C=O) groups excluding carboxylic acids is 1. The third-order valence-electron chi connectivity index (χ3n) is 4.33. The number of hydrogen-bond donors (Lipinski definition) is 2. The summed E-state index contributed by atoms with van der Waals surface area (Å²) >= 11 is 0. The Hall–Kier alpha value is -3.12. The zero-order valence-electron chi connectivity index (χ0n) is 17.3. The van der Waals surface area contributed by atoms with E-state index in [9.17, 15) is 4.79 Å². The van der Waals surface area contributed by atoms with Crippen LogP contribution in [0.3, 0.4) is 0 Å². The molecule has 3 rings (SSSR count). The smallest absolute Gasteiger partial charge is 0.338 e. The van der Waals surface area contributed by atoms with Gasteiger partial charge in [0.2, 0.25) is 0 Å². The van der Waals surface area contributed by atoms with Crippen LogP contribution in [0.4, 0.5) is 0 Å². The Morgan fingerprint density at radius 3 is 2.34 bits per heavy atom. The Labute approximate surface area is 171 Å². The SMILES string of the molecule is COc1ccc(-c2[nH]ncc2CNCc2ccc(C(=O)OC(C)(C)C)cc2)cc1. The number of ether oxygens (including phenoxy) is 2. The number of nitrogens with one attached hydrogen (secondary N) is 2. The quantitative estimate of drug-likeness (QED) is 0.584. The van der Waals surface area contributed by atoms with Crippen molar-refractivity contribution in [2.75, 3.05) is 7.11 Å². The molecule has 0 aliphatic heterocycles. The number of nitrogens with zero attached hydrogens (tertiary/aromatic N) is 1. The number of rotatable bonds is 7. The molecule has 0 saturated heterocycles. The van der Waals surface area contributed by atoms with Crippen molar-refractivity contribution in [2.24, 2.45) is 0 Å². The monoisotopic (exact) mass is 393 g/mol. The van der Waals surface area contributed by atoms with Gasteiger partial charge in [-0.15, -0.1) is 0 Å². The maximum atomic E-state index is 12.1. The van der Waals surface area contributed by atoms with Crippen LogP contribution in [0.25, 0.3) is 11.3 Å². The molecule has 152 valence electrons. The van der Waals surface area contributed by atoms with Crippen LogP contribution < -0.4 is 10.1 Å². The van der Waals surface area contributed by atoms with Gasteiger partial charge in [-0.05, 0) is 62.7 Å². The molecule has 0 bridgehead atoms. The molecule has 1 heterocycles. The van der Waals surface area contributed by atoms with Gasteiger partial charge in [-0.2, -0.15) is 5.10 Å². The predicted octanol–water partition coefficient (Wildman–Crippen LogP) is 4.33. The summed E-state index contributed by atoms with van der Waals surface area (Å²) in [4.78, 5) is 12.1. The number of esters is 1. The van der Waals surface area contributed by atoms with E-state index >= 15 is 0 Å². The second-order valence-electron chi connectivity index (χ2n) is 7.80. The highest BCUT2D eigenvalue weighted by Gasteiger charge is 2.17. The summed E-state index contributed by atoms with van der Waals surface area (Å²) in [6.07, 6.45) is 1.83. The Bertz CT molecular complexity index is 939. The summed E-state index contributed by atoms with van der Waals surface area (Å²) in [6, 6.07) is 15.3. The van der Waals surface area contributed by atoms with E-state index in [1.54, 1.807) is 19.2 Å². The van der Waals surface area contributed by atoms with Gasteiger partial charge in [0, 0.05) is 24.2 Å². The molecule has 0 atom stereocenters. The van der Waals surface area contributed by atoms with Crippen LogP contribution in [0.1, 0.15) is 42.3 Å². The van der Waals surface area contributed by atoms with Crippen LogP contribution in [-0.4, -0.2) is 28.9 Å². The van der Waals surface area contributed by atoms with Crippen LogP contribution >= 0.6 is 0 Å². The first kappa shape index (κ1) is 20.6. The molecular formula is C23H27N3O3. The summed E-state index contributed by atoms with van der Waals surface area (Å²) in [6.45, 7) is 6.94. The zero-order chi connectivity index (χ0) is 20.9. The van der Waals surface area contributed by atoms with Gasteiger partial charge < -0.3 is 14.8 Å². The molecule has 29 heavy (non-hydrogen) atoms. The summed E-state index contributed by atoms with van der Waals surface area (Å²) in [5.74, 6) is 0.516. The Balaban J connectivity index is 1.57. The predicted molar refractivity (Wildman–Crippen MR) is 113 cm³/mol. The number of hydrogen-bond acceptors (Lipinski definition) is 5. The highest BCUT2D eigenvalue weighted by Crippen LogP contribution is 2.23. The minimum absolute atomic E-state index is 0.306. The van der Waals surface area contributed by atoms with E-state index in [4.69, 9.17) is 9.47 Å². The minimum atomic E-state index is -0.497. The van der Waals surface area contributed by atoms with Gasteiger partial charge in [-0.1, -0.05) is 12.1 Å². The van der Waals surface area contributed by atoms with Crippen molar-refractivity contribution in [3.05, 3.63) is 71.4 Å². The van der Waals surface area contributed by atoms with E-state index in [-0.39, 0.29) is 5.97 Å². The molecule has 0 amide bonds. The normalized spacial score (nSPS) is 11.3. The van der Waals surface area contributed by atoms with Crippen LogP contribution in [0.15, 0.2) is 54.7 Å². The standard InChI is InChI=1S/C23H27N3O3/c1-23(2,3)29-22(27)18-7-5-16(6-8-18)13-24-14-19-15-25-26-21(19)17-9-11-20(28-4)12-10-17/h5-12,15,24H,13-14H2,1-4H3,(H,25,26). The molecule has 0 radical (unpaired) electrons. The van der Waals surface area contributed by atoms with Crippen LogP contribution in [0.5, 0.6) is 5.75 Å². The van der Waals surface area contributed by atoms with E-state index in [0.717, 1.165) is 28.1 Å². The molecular weight excluding hydrogens is 366 g/mol. The summed E-state index contributed by atoms with van der Waals surface area (Å²) < 4.78 is 10.6. The molecule has 0 saturated carbocycles. The molecule has 1 aromatic heterocycles. The first-order valence-electron chi connectivity index (χ1n) is 9.55. The van der Waals surface area contributed by atoms with Crippen molar-refractivity contribution in [1.29, 1.82) is 0 Å². The van der Waals surface area contributed by atoms with Crippen molar-refractivity contribution in [3.8, 4) is 17.0 Å². The van der Waals surface area contributed by atoms with Gasteiger partial charge in [0.1, 0.15) is 11.4 Å². The largest absolute Gasteiger partial charge is 0.497 e. The Morgan fingerprint density at radius 2 is 1.72 bits per heavy atom. The van der Waals surface area contributed by atoms with Crippen LogP contribution in [-0.2, 0) is 17.8 Å². The average Bonchev–Trinajstić information content (AvgIpc) is 3.16. The molecule has 0 aliphatic rings. The fourth-order valence-corrected chi connectivity index (χ4v) is 2.89. The third kappa shape index (κ3) is 5.68. The summed E-state index contributed by atoms with van der Waals surface area (Å²) in [5, 5.41) is 10.7. The molecule has 6 nitrogen and oxygen atoms in total. The number of carbonyl (C=O) groups is 1. The van der Waals surface area contributed by atoms with E-state index in [2.05, 4.69) is 15.5 Å². The third-order valence-corrected chi connectivity index (χ3v) is 4.33. The second-order valence-corrected chi connectivity index (χ2v) is 7.80. The molecule has 0 aliphatic carbocycles. The zero-order valence-corrected chi connectivity index (χ0v) is 17.3. The lowest BCUT2D eigenvalue weighted by Gasteiger charge is -2.19. The molecule has 6 heteroatoms. The Kier molecular flexibility index (Phi) is 6.34. The van der Waals surface area contributed by atoms with Crippen molar-refractivity contribution in [2.45, 2.75) is 39.5 Å². The van der Waals surface area contributed by atoms with Gasteiger partial charge in [0.05, 0.1) is 24.6 Å². The molecule has 0 unspecified atom stereocenters. The fourth-order valence-electron chi connectivity index (χ4n) is 2.89. The molecule has 3 aromatic rings. The maximum absolute atomic E-state index is 12.1. The van der Waals surface area contributed by atoms with Crippen molar-refractivity contribution < 1.29 is 14.3 Å². The highest BCUT2D eigenvalue weighted by molar-refractivity contribution is 5.89. The van der Waals surface area contributed by atoms with E-state index < -0.39 is 5.60 Å². The second kappa shape index (κ2) is 8.92. The highest BCUT2D eigenvalue weighted by atomic mass is 16.6. The van der Waals surface area contributed by atoms with Gasteiger partial charge >= 0.3 is 5.97 Å². The molecule has 0 spiro atoms.